The molecule has 7 heteroatoms. The minimum absolute atomic E-state index is 0.00738. The number of carbonyl (C=O) groups is 1. The maximum Gasteiger partial charge on any atom is 0.316 e. The minimum Gasteiger partial charge on any atom is -0.455 e. The zero-order valence-corrected chi connectivity index (χ0v) is 13.1. The van der Waals surface area contributed by atoms with Crippen LogP contribution in [-0.2, 0) is 16.1 Å². The van der Waals surface area contributed by atoms with E-state index < -0.39 is 0 Å². The standard InChI is InChI=1S/C15H12N2O3S2/c18-14(10-22-11-5-2-1-3-6-11)19-9-13-16-15(17-20-13)12-7-4-8-21-12/h1-8H,9-10H2. The van der Waals surface area contributed by atoms with E-state index in [9.17, 15) is 4.79 Å². The zero-order chi connectivity index (χ0) is 15.2. The van der Waals surface area contributed by atoms with Crippen LogP contribution in [0.5, 0.6) is 0 Å². The van der Waals surface area contributed by atoms with Gasteiger partial charge < -0.3 is 9.26 Å². The molecule has 22 heavy (non-hydrogen) atoms. The van der Waals surface area contributed by atoms with Gasteiger partial charge in [-0.15, -0.1) is 23.1 Å². The van der Waals surface area contributed by atoms with Crippen molar-refractivity contribution in [3.05, 3.63) is 53.7 Å². The maximum atomic E-state index is 11.7. The van der Waals surface area contributed by atoms with E-state index in [0.717, 1.165) is 9.77 Å². The summed E-state index contributed by atoms with van der Waals surface area (Å²) in [5.41, 5.74) is 0. The highest BCUT2D eigenvalue weighted by Crippen LogP contribution is 2.21. The van der Waals surface area contributed by atoms with Crippen molar-refractivity contribution < 1.29 is 14.1 Å². The summed E-state index contributed by atoms with van der Waals surface area (Å²) in [6.07, 6.45) is 0. The van der Waals surface area contributed by atoms with Crippen LogP contribution in [0.1, 0.15) is 5.89 Å². The molecule has 0 bridgehead atoms. The van der Waals surface area contributed by atoms with Crippen molar-refractivity contribution in [1.82, 2.24) is 10.1 Å². The van der Waals surface area contributed by atoms with E-state index in [-0.39, 0.29) is 18.3 Å². The normalized spacial score (nSPS) is 10.5. The van der Waals surface area contributed by atoms with Crippen LogP contribution in [0, 0.1) is 0 Å². The summed E-state index contributed by atoms with van der Waals surface area (Å²) in [6, 6.07) is 13.5. The van der Waals surface area contributed by atoms with E-state index in [1.165, 1.54) is 23.1 Å². The topological polar surface area (TPSA) is 65.2 Å². The second-order valence-corrected chi connectivity index (χ2v) is 6.25. The molecular weight excluding hydrogens is 320 g/mol. The maximum absolute atomic E-state index is 11.7. The van der Waals surface area contributed by atoms with Crippen molar-refractivity contribution in [3.63, 3.8) is 0 Å². The predicted octanol–water partition coefficient (Wildman–Crippen LogP) is 3.63. The molecular formula is C15H12N2O3S2. The van der Waals surface area contributed by atoms with E-state index in [1.54, 1.807) is 0 Å². The molecule has 0 atom stereocenters. The summed E-state index contributed by atoms with van der Waals surface area (Å²) >= 11 is 2.95. The summed E-state index contributed by atoms with van der Waals surface area (Å²) in [5, 5.41) is 5.79. The summed E-state index contributed by atoms with van der Waals surface area (Å²) in [7, 11) is 0. The van der Waals surface area contributed by atoms with Crippen LogP contribution in [0.3, 0.4) is 0 Å². The summed E-state index contributed by atoms with van der Waals surface area (Å²) in [6.45, 7) is -0.00738. The lowest BCUT2D eigenvalue weighted by atomic mass is 10.4. The van der Waals surface area contributed by atoms with Gasteiger partial charge in [0.2, 0.25) is 5.82 Å². The highest BCUT2D eigenvalue weighted by molar-refractivity contribution is 8.00. The fraction of sp³-hybridized carbons (Fsp3) is 0.133. The second kappa shape index (κ2) is 7.24. The molecule has 5 nitrogen and oxygen atoms in total. The third-order valence-electron chi connectivity index (χ3n) is 2.67. The number of hydrogen-bond acceptors (Lipinski definition) is 7. The Balaban J connectivity index is 1.47. The van der Waals surface area contributed by atoms with Gasteiger partial charge in [-0.05, 0) is 23.6 Å². The first-order valence-corrected chi connectivity index (χ1v) is 8.38. The molecule has 3 aromatic rings. The molecule has 0 fully saturated rings. The van der Waals surface area contributed by atoms with Crippen LogP contribution >= 0.6 is 23.1 Å². The Bertz CT molecular complexity index is 726. The Hall–Kier alpha value is -2.12. The van der Waals surface area contributed by atoms with Gasteiger partial charge >= 0.3 is 5.97 Å². The van der Waals surface area contributed by atoms with Gasteiger partial charge in [0.05, 0.1) is 10.6 Å². The molecule has 0 unspecified atom stereocenters. The van der Waals surface area contributed by atoms with Gasteiger partial charge in [0.25, 0.3) is 5.89 Å². The van der Waals surface area contributed by atoms with Crippen LogP contribution in [0.15, 0.2) is 57.3 Å². The van der Waals surface area contributed by atoms with E-state index in [0.29, 0.717) is 11.7 Å². The first kappa shape index (κ1) is 14.8. The lowest BCUT2D eigenvalue weighted by molar-refractivity contribution is -0.142. The first-order valence-electron chi connectivity index (χ1n) is 6.51. The van der Waals surface area contributed by atoms with Crippen molar-refractivity contribution >= 4 is 29.1 Å². The molecule has 0 aliphatic heterocycles. The smallest absolute Gasteiger partial charge is 0.316 e. The molecule has 0 aliphatic carbocycles. The summed E-state index contributed by atoms with van der Waals surface area (Å²) in [5.74, 6) is 0.738. The van der Waals surface area contributed by atoms with Gasteiger partial charge in [0, 0.05) is 4.90 Å². The van der Waals surface area contributed by atoms with Crippen molar-refractivity contribution in [3.8, 4) is 10.7 Å². The molecule has 0 N–H and O–H groups in total. The minimum atomic E-state index is -0.315. The number of esters is 1. The summed E-state index contributed by atoms with van der Waals surface area (Å²) < 4.78 is 10.2. The fourth-order valence-corrected chi connectivity index (χ4v) is 3.03. The third-order valence-corrected chi connectivity index (χ3v) is 4.52. The molecule has 3 rings (SSSR count). The highest BCUT2D eigenvalue weighted by Gasteiger charge is 2.11. The van der Waals surface area contributed by atoms with Crippen LogP contribution in [0.4, 0.5) is 0 Å². The highest BCUT2D eigenvalue weighted by atomic mass is 32.2. The number of thiophene rings is 1. The average Bonchev–Trinajstić information content (AvgIpc) is 3.22. The van der Waals surface area contributed by atoms with Crippen molar-refractivity contribution in [2.45, 2.75) is 11.5 Å². The molecule has 0 aliphatic rings. The van der Waals surface area contributed by atoms with E-state index in [4.69, 9.17) is 9.26 Å². The van der Waals surface area contributed by atoms with Crippen LogP contribution in [0.25, 0.3) is 10.7 Å². The van der Waals surface area contributed by atoms with Gasteiger partial charge in [-0.2, -0.15) is 4.98 Å². The van der Waals surface area contributed by atoms with Gasteiger partial charge in [-0.1, -0.05) is 29.4 Å². The number of ether oxygens (including phenoxy) is 1. The second-order valence-electron chi connectivity index (χ2n) is 4.25. The number of benzene rings is 1. The lowest BCUT2D eigenvalue weighted by Gasteiger charge is -2.01. The molecule has 2 aromatic heterocycles. The molecule has 0 saturated heterocycles. The Morgan fingerprint density at radius 3 is 2.86 bits per heavy atom. The molecule has 0 radical (unpaired) electrons. The van der Waals surface area contributed by atoms with Gasteiger partial charge in [0.1, 0.15) is 0 Å². The molecule has 112 valence electrons. The Labute approximate surface area is 135 Å². The van der Waals surface area contributed by atoms with Crippen molar-refractivity contribution in [1.29, 1.82) is 0 Å². The SMILES string of the molecule is O=C(CSc1ccccc1)OCc1nc(-c2cccs2)no1. The fourth-order valence-electron chi connectivity index (χ4n) is 1.66. The molecule has 1 aromatic carbocycles. The van der Waals surface area contributed by atoms with E-state index in [1.807, 2.05) is 47.8 Å². The van der Waals surface area contributed by atoms with Gasteiger partial charge in [0.15, 0.2) is 6.61 Å². The number of nitrogens with zero attached hydrogens (tertiary/aromatic N) is 2. The van der Waals surface area contributed by atoms with Crippen molar-refractivity contribution in [2.24, 2.45) is 0 Å². The van der Waals surface area contributed by atoms with Crippen LogP contribution in [0.2, 0.25) is 0 Å². The Morgan fingerprint density at radius 1 is 1.23 bits per heavy atom. The number of hydrogen-bond donors (Lipinski definition) is 0. The van der Waals surface area contributed by atoms with Crippen LogP contribution in [-0.4, -0.2) is 21.9 Å². The Morgan fingerprint density at radius 2 is 2.09 bits per heavy atom. The summed E-state index contributed by atoms with van der Waals surface area (Å²) in [4.78, 5) is 17.8. The number of thioether (sulfide) groups is 1. The number of aromatic nitrogens is 2. The molecule has 2 heterocycles. The first-order chi connectivity index (χ1) is 10.8. The van der Waals surface area contributed by atoms with Gasteiger partial charge in [-0.25, -0.2) is 0 Å². The number of carbonyl (C=O) groups excluding carboxylic acids is 1. The lowest BCUT2D eigenvalue weighted by Crippen LogP contribution is -2.07. The molecule has 0 spiro atoms. The predicted molar refractivity (Wildman–Crippen MR) is 84.6 cm³/mol. The largest absolute Gasteiger partial charge is 0.455 e. The number of rotatable bonds is 6. The third kappa shape index (κ3) is 3.96. The molecule has 0 saturated carbocycles. The Kier molecular flexibility index (Phi) is 4.87. The van der Waals surface area contributed by atoms with E-state index >= 15 is 0 Å². The molecule has 0 amide bonds. The van der Waals surface area contributed by atoms with E-state index in [2.05, 4.69) is 10.1 Å². The average molecular weight is 332 g/mol. The zero-order valence-electron chi connectivity index (χ0n) is 11.5. The van der Waals surface area contributed by atoms with Crippen LogP contribution < -0.4 is 0 Å². The van der Waals surface area contributed by atoms with Gasteiger partial charge in [-0.3, -0.25) is 4.79 Å². The van der Waals surface area contributed by atoms with Crippen molar-refractivity contribution in [2.75, 3.05) is 5.75 Å². The monoisotopic (exact) mass is 332 g/mol. The quantitative estimate of drug-likeness (QED) is 0.507.